The summed E-state index contributed by atoms with van der Waals surface area (Å²) < 4.78 is 36.2. The second-order valence-electron chi connectivity index (χ2n) is 5.62. The van der Waals surface area contributed by atoms with E-state index >= 15 is 0 Å². The lowest BCUT2D eigenvalue weighted by atomic mass is 10.1. The van der Waals surface area contributed by atoms with Crippen molar-refractivity contribution in [1.82, 2.24) is 10.2 Å². The number of aryl methyl sites for hydroxylation is 1. The van der Waals surface area contributed by atoms with Crippen LogP contribution in [0.4, 0.5) is 13.2 Å². The SMILES string of the molecule is Cc1cccc(CN2CCC(CNCC(F)(F)F)C2)c1. The maximum absolute atomic E-state index is 12.1. The lowest BCUT2D eigenvalue weighted by Crippen LogP contribution is -2.33. The number of benzene rings is 1. The number of nitrogens with zero attached hydrogens (tertiary/aromatic N) is 1. The molecule has 0 amide bonds. The van der Waals surface area contributed by atoms with Crippen molar-refractivity contribution in [3.63, 3.8) is 0 Å². The summed E-state index contributed by atoms with van der Waals surface area (Å²) in [6, 6.07) is 8.37. The first kappa shape index (κ1) is 15.3. The van der Waals surface area contributed by atoms with Crippen LogP contribution >= 0.6 is 0 Å². The molecular formula is C15H21F3N2. The van der Waals surface area contributed by atoms with E-state index in [-0.39, 0.29) is 0 Å². The third kappa shape index (κ3) is 5.13. The van der Waals surface area contributed by atoms with Gasteiger partial charge >= 0.3 is 6.18 Å². The summed E-state index contributed by atoms with van der Waals surface area (Å²) >= 11 is 0. The molecule has 0 saturated carbocycles. The number of nitrogens with one attached hydrogen (secondary N) is 1. The van der Waals surface area contributed by atoms with Crippen LogP contribution in [0.1, 0.15) is 17.5 Å². The highest BCUT2D eigenvalue weighted by Gasteiger charge is 2.28. The summed E-state index contributed by atoms with van der Waals surface area (Å²) in [5, 5.41) is 2.51. The molecule has 1 saturated heterocycles. The molecule has 0 aromatic heterocycles. The number of hydrogen-bond acceptors (Lipinski definition) is 2. The number of likely N-dealkylation sites (tertiary alicyclic amines) is 1. The van der Waals surface area contributed by atoms with Crippen LogP contribution in [0.3, 0.4) is 0 Å². The minimum atomic E-state index is -4.11. The van der Waals surface area contributed by atoms with Crippen molar-refractivity contribution in [2.24, 2.45) is 5.92 Å². The molecule has 1 heterocycles. The van der Waals surface area contributed by atoms with Gasteiger partial charge in [-0.2, -0.15) is 13.2 Å². The smallest absolute Gasteiger partial charge is 0.308 e. The Balaban J connectivity index is 1.72. The van der Waals surface area contributed by atoms with Crippen LogP contribution in [0, 0.1) is 12.8 Å². The Morgan fingerprint density at radius 2 is 2.15 bits per heavy atom. The third-order valence-electron chi connectivity index (χ3n) is 3.62. The first-order valence-corrected chi connectivity index (χ1v) is 6.98. The van der Waals surface area contributed by atoms with E-state index in [4.69, 9.17) is 0 Å². The molecule has 20 heavy (non-hydrogen) atoms. The summed E-state index contributed by atoms with van der Waals surface area (Å²) in [5.74, 6) is 0.321. The summed E-state index contributed by atoms with van der Waals surface area (Å²) in [7, 11) is 0. The van der Waals surface area contributed by atoms with Crippen LogP contribution in [0.25, 0.3) is 0 Å². The van der Waals surface area contributed by atoms with Gasteiger partial charge in [0.2, 0.25) is 0 Å². The van der Waals surface area contributed by atoms with Crippen LogP contribution in [-0.2, 0) is 6.54 Å². The monoisotopic (exact) mass is 286 g/mol. The van der Waals surface area contributed by atoms with Crippen LogP contribution in [0.2, 0.25) is 0 Å². The van der Waals surface area contributed by atoms with Crippen molar-refractivity contribution in [2.75, 3.05) is 26.2 Å². The fourth-order valence-corrected chi connectivity index (χ4v) is 2.71. The minimum absolute atomic E-state index is 0.321. The van der Waals surface area contributed by atoms with Crippen molar-refractivity contribution in [2.45, 2.75) is 26.1 Å². The predicted molar refractivity (Wildman–Crippen MR) is 73.5 cm³/mol. The molecule has 112 valence electrons. The van der Waals surface area contributed by atoms with Gasteiger partial charge in [-0.05, 0) is 37.9 Å². The Bertz CT molecular complexity index is 431. The summed E-state index contributed by atoms with van der Waals surface area (Å²) in [5.41, 5.74) is 2.51. The molecule has 2 nitrogen and oxygen atoms in total. The van der Waals surface area contributed by atoms with Crippen molar-refractivity contribution >= 4 is 0 Å². The number of rotatable bonds is 5. The Kier molecular flexibility index (Phi) is 5.05. The lowest BCUT2D eigenvalue weighted by Gasteiger charge is -2.17. The highest BCUT2D eigenvalue weighted by molar-refractivity contribution is 5.22. The average molecular weight is 286 g/mol. The van der Waals surface area contributed by atoms with Crippen molar-refractivity contribution in [3.8, 4) is 0 Å². The zero-order valence-corrected chi connectivity index (χ0v) is 11.7. The summed E-state index contributed by atoms with van der Waals surface area (Å²) in [6.07, 6.45) is -3.14. The van der Waals surface area contributed by atoms with Gasteiger partial charge < -0.3 is 5.32 Å². The van der Waals surface area contributed by atoms with E-state index < -0.39 is 12.7 Å². The second-order valence-corrected chi connectivity index (χ2v) is 5.62. The third-order valence-corrected chi connectivity index (χ3v) is 3.62. The molecule has 1 N–H and O–H groups in total. The minimum Gasteiger partial charge on any atom is -0.308 e. The Morgan fingerprint density at radius 1 is 1.35 bits per heavy atom. The van der Waals surface area contributed by atoms with Gasteiger partial charge in [-0.25, -0.2) is 0 Å². The van der Waals surface area contributed by atoms with Crippen molar-refractivity contribution < 1.29 is 13.2 Å². The standard InChI is InChI=1S/C15H21F3N2/c1-12-3-2-4-13(7-12)9-20-6-5-14(10-20)8-19-11-15(16,17)18/h2-4,7,14,19H,5-6,8-11H2,1H3. The molecule has 1 atom stereocenters. The molecule has 1 aliphatic rings. The van der Waals surface area contributed by atoms with E-state index in [0.717, 1.165) is 26.1 Å². The van der Waals surface area contributed by atoms with Gasteiger partial charge in [-0.1, -0.05) is 29.8 Å². The topological polar surface area (TPSA) is 15.3 Å². The van der Waals surface area contributed by atoms with Gasteiger partial charge in [-0.3, -0.25) is 4.90 Å². The Hall–Kier alpha value is -1.07. The molecule has 0 aliphatic carbocycles. The zero-order chi connectivity index (χ0) is 14.6. The lowest BCUT2D eigenvalue weighted by molar-refractivity contribution is -0.125. The molecule has 1 fully saturated rings. The number of halogens is 3. The molecule has 0 spiro atoms. The zero-order valence-electron chi connectivity index (χ0n) is 11.7. The molecule has 2 rings (SSSR count). The quantitative estimate of drug-likeness (QED) is 0.895. The maximum atomic E-state index is 12.1. The molecular weight excluding hydrogens is 265 g/mol. The fourth-order valence-electron chi connectivity index (χ4n) is 2.71. The Morgan fingerprint density at radius 3 is 2.85 bits per heavy atom. The van der Waals surface area contributed by atoms with Crippen LogP contribution in [-0.4, -0.2) is 37.3 Å². The van der Waals surface area contributed by atoms with Gasteiger partial charge in [0.1, 0.15) is 0 Å². The van der Waals surface area contributed by atoms with E-state index in [1.165, 1.54) is 11.1 Å². The number of alkyl halides is 3. The highest BCUT2D eigenvalue weighted by atomic mass is 19.4. The first-order valence-electron chi connectivity index (χ1n) is 6.98. The van der Waals surface area contributed by atoms with Crippen molar-refractivity contribution in [1.29, 1.82) is 0 Å². The highest BCUT2D eigenvalue weighted by Crippen LogP contribution is 2.19. The van der Waals surface area contributed by atoms with E-state index in [9.17, 15) is 13.2 Å². The molecule has 1 aliphatic heterocycles. The Labute approximate surface area is 118 Å². The van der Waals surface area contributed by atoms with E-state index in [1.54, 1.807) is 0 Å². The summed E-state index contributed by atoms with van der Waals surface area (Å²) in [4.78, 5) is 2.31. The van der Waals surface area contributed by atoms with Crippen LogP contribution in [0.5, 0.6) is 0 Å². The first-order chi connectivity index (χ1) is 9.42. The van der Waals surface area contributed by atoms with Crippen molar-refractivity contribution in [3.05, 3.63) is 35.4 Å². The average Bonchev–Trinajstić information content (AvgIpc) is 2.75. The van der Waals surface area contributed by atoms with Gasteiger partial charge in [-0.15, -0.1) is 0 Å². The largest absolute Gasteiger partial charge is 0.401 e. The van der Waals surface area contributed by atoms with Gasteiger partial charge in [0, 0.05) is 13.1 Å². The van der Waals surface area contributed by atoms with Gasteiger partial charge in [0.25, 0.3) is 0 Å². The van der Waals surface area contributed by atoms with E-state index in [1.807, 2.05) is 6.07 Å². The van der Waals surface area contributed by atoms with E-state index in [2.05, 4.69) is 35.3 Å². The normalized spacial score (nSPS) is 20.5. The van der Waals surface area contributed by atoms with Crippen LogP contribution in [0.15, 0.2) is 24.3 Å². The molecule has 1 aromatic rings. The maximum Gasteiger partial charge on any atom is 0.401 e. The van der Waals surface area contributed by atoms with Gasteiger partial charge in [0.15, 0.2) is 0 Å². The predicted octanol–water partition coefficient (Wildman–Crippen LogP) is 2.97. The van der Waals surface area contributed by atoms with Gasteiger partial charge in [0.05, 0.1) is 6.54 Å². The number of hydrogen-bond donors (Lipinski definition) is 1. The van der Waals surface area contributed by atoms with Crippen LogP contribution < -0.4 is 5.32 Å². The molecule has 5 heteroatoms. The molecule has 0 radical (unpaired) electrons. The summed E-state index contributed by atoms with van der Waals surface area (Å²) in [6.45, 7) is 4.35. The molecule has 0 bridgehead atoms. The second kappa shape index (κ2) is 6.59. The van der Waals surface area contributed by atoms with E-state index in [0.29, 0.717) is 12.5 Å². The fraction of sp³-hybridized carbons (Fsp3) is 0.600. The molecule has 1 aromatic carbocycles. The molecule has 1 unspecified atom stereocenters.